The van der Waals surface area contributed by atoms with Crippen molar-refractivity contribution in [1.29, 1.82) is 0 Å². The number of thiazole rings is 1. The number of carbonyl (C=O) groups excluding carboxylic acids is 1. The number of nitrogens with zero attached hydrogens (tertiary/aromatic N) is 3. The summed E-state index contributed by atoms with van der Waals surface area (Å²) in [6, 6.07) is 0. The van der Waals surface area contributed by atoms with Crippen molar-refractivity contribution in [2.24, 2.45) is 4.99 Å². The van der Waals surface area contributed by atoms with Crippen molar-refractivity contribution >= 4 is 47.2 Å². The van der Waals surface area contributed by atoms with E-state index in [-0.39, 0.29) is 36.0 Å². The lowest BCUT2D eigenvalue weighted by atomic mass is 10.1. The monoisotopic (exact) mass is 526 g/mol. The zero-order valence-corrected chi connectivity index (χ0v) is 20.8. The first kappa shape index (κ1) is 27.1. The molecule has 0 spiro atoms. The molecule has 0 aliphatic carbocycles. The Bertz CT molecular complexity index is 583. The van der Waals surface area contributed by atoms with Gasteiger partial charge in [-0.05, 0) is 26.7 Å². The van der Waals surface area contributed by atoms with Gasteiger partial charge in [-0.2, -0.15) is 0 Å². The number of carbonyl (C=O) groups is 1. The van der Waals surface area contributed by atoms with Crippen molar-refractivity contribution in [3.8, 4) is 0 Å². The summed E-state index contributed by atoms with van der Waals surface area (Å²) in [5, 5.41) is 6.45. The number of aliphatic imine (C=N–C) groups is 1. The van der Waals surface area contributed by atoms with E-state index >= 15 is 0 Å². The predicted octanol–water partition coefficient (Wildman–Crippen LogP) is 3.99. The number of unbranched alkanes of at least 4 members (excludes halogenated alkanes) is 3. The van der Waals surface area contributed by atoms with Crippen LogP contribution in [-0.2, 0) is 20.8 Å². The standard InChI is InChI=1S/C19H34N4O3S.HI/c1-6-26-17(24)11-9-7-8-10-12-21-19(20-3)23(4)13-16-14-27-18(22-16)15(2)25-5;/h14-15H,6-13H2,1-5H3,(H,20,21);1H. The van der Waals surface area contributed by atoms with Gasteiger partial charge in [-0.15, -0.1) is 35.3 Å². The predicted molar refractivity (Wildman–Crippen MR) is 125 cm³/mol. The molecular weight excluding hydrogens is 491 g/mol. The highest BCUT2D eigenvalue weighted by atomic mass is 127. The van der Waals surface area contributed by atoms with Crippen molar-refractivity contribution in [3.63, 3.8) is 0 Å². The Balaban J connectivity index is 0.00000729. The zero-order valence-electron chi connectivity index (χ0n) is 17.7. The molecule has 0 radical (unpaired) electrons. The first-order valence-electron chi connectivity index (χ1n) is 9.56. The molecule has 0 amide bonds. The maximum absolute atomic E-state index is 11.3. The lowest BCUT2D eigenvalue weighted by molar-refractivity contribution is -0.143. The lowest BCUT2D eigenvalue weighted by Gasteiger charge is -2.21. The van der Waals surface area contributed by atoms with Gasteiger partial charge in [0, 0.05) is 39.6 Å². The molecule has 0 fully saturated rings. The first-order valence-corrected chi connectivity index (χ1v) is 10.4. The van der Waals surface area contributed by atoms with Crippen LogP contribution < -0.4 is 5.32 Å². The summed E-state index contributed by atoms with van der Waals surface area (Å²) in [5.74, 6) is 0.763. The van der Waals surface area contributed by atoms with Crippen LogP contribution in [0.4, 0.5) is 0 Å². The zero-order chi connectivity index (χ0) is 20.1. The van der Waals surface area contributed by atoms with Gasteiger partial charge in [0.05, 0.1) is 18.8 Å². The summed E-state index contributed by atoms with van der Waals surface area (Å²) in [6.45, 7) is 5.86. The largest absolute Gasteiger partial charge is 0.466 e. The summed E-state index contributed by atoms with van der Waals surface area (Å²) in [4.78, 5) is 22.3. The van der Waals surface area contributed by atoms with E-state index in [9.17, 15) is 4.79 Å². The molecule has 9 heteroatoms. The molecule has 7 nitrogen and oxygen atoms in total. The molecule has 1 unspecified atom stereocenters. The van der Waals surface area contributed by atoms with Crippen LogP contribution in [0.1, 0.15) is 62.8 Å². The van der Waals surface area contributed by atoms with E-state index < -0.39 is 0 Å². The number of hydrogen-bond acceptors (Lipinski definition) is 6. The van der Waals surface area contributed by atoms with Gasteiger partial charge in [-0.1, -0.05) is 12.8 Å². The van der Waals surface area contributed by atoms with E-state index in [4.69, 9.17) is 9.47 Å². The van der Waals surface area contributed by atoms with Gasteiger partial charge in [0.1, 0.15) is 11.1 Å². The number of hydrogen-bond donors (Lipinski definition) is 1. The third-order valence-electron chi connectivity index (χ3n) is 4.14. The maximum atomic E-state index is 11.3. The van der Waals surface area contributed by atoms with Crippen molar-refractivity contribution in [2.75, 3.05) is 34.4 Å². The molecule has 0 bridgehead atoms. The van der Waals surface area contributed by atoms with Crippen LogP contribution in [0.2, 0.25) is 0 Å². The fourth-order valence-corrected chi connectivity index (χ4v) is 3.41. The minimum atomic E-state index is -0.0947. The second-order valence-corrected chi connectivity index (χ2v) is 7.24. The van der Waals surface area contributed by atoms with E-state index in [1.54, 1.807) is 25.5 Å². The molecule has 28 heavy (non-hydrogen) atoms. The van der Waals surface area contributed by atoms with Gasteiger partial charge in [-0.3, -0.25) is 9.79 Å². The fourth-order valence-electron chi connectivity index (χ4n) is 2.57. The van der Waals surface area contributed by atoms with Gasteiger partial charge >= 0.3 is 5.97 Å². The van der Waals surface area contributed by atoms with E-state index in [2.05, 4.69) is 25.6 Å². The molecule has 0 aliphatic rings. The minimum Gasteiger partial charge on any atom is -0.466 e. The summed E-state index contributed by atoms with van der Waals surface area (Å²) in [7, 11) is 5.49. The smallest absolute Gasteiger partial charge is 0.305 e. The van der Waals surface area contributed by atoms with Crippen LogP contribution in [0.25, 0.3) is 0 Å². The SMILES string of the molecule is CCOC(=O)CCCCCCNC(=NC)N(C)Cc1csc(C(C)OC)n1.I. The van der Waals surface area contributed by atoms with Crippen LogP contribution in [0.15, 0.2) is 10.4 Å². The summed E-state index contributed by atoms with van der Waals surface area (Å²) in [6.07, 6.45) is 4.59. The number of guanidine groups is 1. The van der Waals surface area contributed by atoms with Crippen molar-refractivity contribution < 1.29 is 14.3 Å². The highest BCUT2D eigenvalue weighted by Crippen LogP contribution is 2.20. The molecule has 1 heterocycles. The summed E-state index contributed by atoms with van der Waals surface area (Å²) < 4.78 is 10.2. The molecule has 1 aromatic rings. The third-order valence-corrected chi connectivity index (χ3v) is 5.19. The van der Waals surface area contributed by atoms with Crippen molar-refractivity contribution in [3.05, 3.63) is 16.1 Å². The van der Waals surface area contributed by atoms with Gasteiger partial charge in [0.25, 0.3) is 0 Å². The fraction of sp³-hybridized carbons (Fsp3) is 0.737. The Hall–Kier alpha value is -0.940. The van der Waals surface area contributed by atoms with Crippen LogP contribution in [0.5, 0.6) is 0 Å². The number of esters is 1. The average Bonchev–Trinajstić information content (AvgIpc) is 3.12. The Kier molecular flexibility index (Phi) is 15.4. The first-order chi connectivity index (χ1) is 13.0. The summed E-state index contributed by atoms with van der Waals surface area (Å²) >= 11 is 1.62. The molecule has 162 valence electrons. The van der Waals surface area contributed by atoms with Gasteiger partial charge in [0.2, 0.25) is 0 Å². The normalized spacial score (nSPS) is 12.2. The number of rotatable bonds is 12. The van der Waals surface area contributed by atoms with Crippen LogP contribution in [0.3, 0.4) is 0 Å². The highest BCUT2D eigenvalue weighted by Gasteiger charge is 2.12. The Morgan fingerprint density at radius 2 is 2.07 bits per heavy atom. The topological polar surface area (TPSA) is 76.0 Å². The highest BCUT2D eigenvalue weighted by molar-refractivity contribution is 14.0. The number of halogens is 1. The second kappa shape index (κ2) is 15.9. The summed E-state index contributed by atoms with van der Waals surface area (Å²) in [5.41, 5.74) is 1.02. The maximum Gasteiger partial charge on any atom is 0.305 e. The second-order valence-electron chi connectivity index (χ2n) is 6.35. The van der Waals surface area contributed by atoms with Crippen molar-refractivity contribution in [1.82, 2.24) is 15.2 Å². The molecule has 1 N–H and O–H groups in total. The number of ether oxygens (including phenoxy) is 2. The van der Waals surface area contributed by atoms with Gasteiger partial charge in [-0.25, -0.2) is 4.98 Å². The Morgan fingerprint density at radius 1 is 1.36 bits per heavy atom. The molecule has 1 aromatic heterocycles. The molecule has 0 saturated carbocycles. The van der Waals surface area contributed by atoms with E-state index in [0.29, 0.717) is 19.6 Å². The molecular formula is C19H35IN4O3S. The molecule has 1 atom stereocenters. The molecule has 1 rings (SSSR count). The van der Waals surface area contributed by atoms with E-state index in [1.165, 1.54) is 0 Å². The van der Waals surface area contributed by atoms with Crippen LogP contribution in [-0.4, -0.2) is 56.2 Å². The van der Waals surface area contributed by atoms with Crippen LogP contribution in [0, 0.1) is 0 Å². The third kappa shape index (κ3) is 10.6. The number of aromatic nitrogens is 1. The van der Waals surface area contributed by atoms with E-state index in [1.807, 2.05) is 20.9 Å². The van der Waals surface area contributed by atoms with Crippen molar-refractivity contribution in [2.45, 2.75) is 58.6 Å². The van der Waals surface area contributed by atoms with Gasteiger partial charge in [0.15, 0.2) is 5.96 Å². The lowest BCUT2D eigenvalue weighted by Crippen LogP contribution is -2.38. The number of nitrogens with one attached hydrogen (secondary N) is 1. The average molecular weight is 526 g/mol. The Labute approximate surface area is 190 Å². The van der Waals surface area contributed by atoms with Crippen LogP contribution >= 0.6 is 35.3 Å². The molecule has 0 saturated heterocycles. The quantitative estimate of drug-likeness (QED) is 0.146. The molecule has 0 aromatic carbocycles. The Morgan fingerprint density at radius 3 is 2.71 bits per heavy atom. The van der Waals surface area contributed by atoms with Gasteiger partial charge < -0.3 is 19.7 Å². The number of methoxy groups -OCH3 is 1. The van der Waals surface area contributed by atoms with E-state index in [0.717, 1.165) is 48.9 Å². The molecule has 0 aliphatic heterocycles. The minimum absolute atomic E-state index is 0.